The molecule has 8 heteroatoms. The Bertz CT molecular complexity index is 1020. The first-order valence-electron chi connectivity index (χ1n) is 9.93. The molecule has 1 fully saturated rings. The maximum Gasteiger partial charge on any atom is 0.233 e. The van der Waals surface area contributed by atoms with Crippen molar-refractivity contribution in [1.82, 2.24) is 24.6 Å². The standard InChI is InChI=1S/C22H24ClN5OS/c1-17-4-2-5-18(12-17)14-26-8-10-27(11-9-26)21(29)15-30-22-25-24-16-28(22)20-7-3-6-19(23)13-20/h2-7,12-13,16H,8-11,14-15H2,1H3. The zero-order valence-electron chi connectivity index (χ0n) is 16.9. The number of amides is 1. The molecule has 1 saturated heterocycles. The van der Waals surface area contributed by atoms with Crippen LogP contribution in [0.2, 0.25) is 5.02 Å². The van der Waals surface area contributed by atoms with Crippen molar-refractivity contribution in [2.45, 2.75) is 18.6 Å². The predicted octanol–water partition coefficient (Wildman–Crippen LogP) is 3.67. The van der Waals surface area contributed by atoms with E-state index in [-0.39, 0.29) is 5.91 Å². The van der Waals surface area contributed by atoms with Gasteiger partial charge in [-0.3, -0.25) is 14.3 Å². The molecule has 156 valence electrons. The Morgan fingerprint density at radius 2 is 1.90 bits per heavy atom. The number of nitrogens with zero attached hydrogens (tertiary/aromatic N) is 5. The molecule has 1 aliphatic rings. The molecule has 0 radical (unpaired) electrons. The van der Waals surface area contributed by atoms with E-state index >= 15 is 0 Å². The van der Waals surface area contributed by atoms with Crippen LogP contribution >= 0.6 is 23.4 Å². The molecule has 0 atom stereocenters. The number of aromatic nitrogens is 3. The Kier molecular flexibility index (Phi) is 6.72. The molecule has 2 aromatic carbocycles. The third-order valence-corrected chi connectivity index (χ3v) is 6.30. The van der Waals surface area contributed by atoms with Gasteiger partial charge in [0.2, 0.25) is 5.91 Å². The lowest BCUT2D eigenvalue weighted by atomic mass is 10.1. The van der Waals surface area contributed by atoms with Gasteiger partial charge < -0.3 is 4.90 Å². The van der Waals surface area contributed by atoms with Crippen LogP contribution in [0.15, 0.2) is 60.0 Å². The number of halogens is 1. The molecule has 0 unspecified atom stereocenters. The Labute approximate surface area is 185 Å². The van der Waals surface area contributed by atoms with Gasteiger partial charge in [-0.05, 0) is 30.7 Å². The summed E-state index contributed by atoms with van der Waals surface area (Å²) >= 11 is 7.49. The summed E-state index contributed by atoms with van der Waals surface area (Å²) in [5.41, 5.74) is 3.49. The average molecular weight is 442 g/mol. The van der Waals surface area contributed by atoms with E-state index in [2.05, 4.69) is 46.3 Å². The lowest BCUT2D eigenvalue weighted by molar-refractivity contribution is -0.130. The normalized spacial score (nSPS) is 14.8. The van der Waals surface area contributed by atoms with E-state index in [0.717, 1.165) is 38.4 Å². The van der Waals surface area contributed by atoms with Crippen LogP contribution < -0.4 is 0 Å². The summed E-state index contributed by atoms with van der Waals surface area (Å²) < 4.78 is 1.85. The van der Waals surface area contributed by atoms with Gasteiger partial charge in [0.25, 0.3) is 0 Å². The van der Waals surface area contributed by atoms with E-state index in [1.54, 1.807) is 6.33 Å². The van der Waals surface area contributed by atoms with Gasteiger partial charge >= 0.3 is 0 Å². The first-order valence-corrected chi connectivity index (χ1v) is 11.3. The zero-order valence-corrected chi connectivity index (χ0v) is 18.4. The first kappa shape index (κ1) is 20.9. The minimum atomic E-state index is 0.135. The number of rotatable bonds is 6. The number of carbonyl (C=O) groups is 1. The van der Waals surface area contributed by atoms with E-state index < -0.39 is 0 Å². The molecule has 1 amide bonds. The number of hydrogen-bond donors (Lipinski definition) is 0. The molecule has 1 aliphatic heterocycles. The highest BCUT2D eigenvalue weighted by Crippen LogP contribution is 2.22. The largest absolute Gasteiger partial charge is 0.339 e. The van der Waals surface area contributed by atoms with Crippen LogP contribution in [0.25, 0.3) is 5.69 Å². The number of piperazine rings is 1. The maximum absolute atomic E-state index is 12.7. The van der Waals surface area contributed by atoms with Gasteiger partial charge in [-0.25, -0.2) is 0 Å². The van der Waals surface area contributed by atoms with Crippen LogP contribution in [0.3, 0.4) is 0 Å². The zero-order chi connectivity index (χ0) is 20.9. The van der Waals surface area contributed by atoms with Crippen LogP contribution in [0.4, 0.5) is 0 Å². The maximum atomic E-state index is 12.7. The lowest BCUT2D eigenvalue weighted by Gasteiger charge is -2.34. The molecule has 0 N–H and O–H groups in total. The Balaban J connectivity index is 1.28. The summed E-state index contributed by atoms with van der Waals surface area (Å²) in [6.07, 6.45) is 1.64. The Morgan fingerprint density at radius 1 is 1.10 bits per heavy atom. The topological polar surface area (TPSA) is 54.3 Å². The molecule has 6 nitrogen and oxygen atoms in total. The summed E-state index contributed by atoms with van der Waals surface area (Å²) in [5, 5.41) is 9.49. The molecular weight excluding hydrogens is 418 g/mol. The molecule has 30 heavy (non-hydrogen) atoms. The van der Waals surface area contributed by atoms with Gasteiger partial charge in [-0.1, -0.05) is 59.3 Å². The quantitative estimate of drug-likeness (QED) is 0.546. The molecule has 2 heterocycles. The summed E-state index contributed by atoms with van der Waals surface area (Å²) in [6, 6.07) is 16.1. The van der Waals surface area contributed by atoms with Crippen molar-refractivity contribution in [3.8, 4) is 5.69 Å². The summed E-state index contributed by atoms with van der Waals surface area (Å²) in [4.78, 5) is 17.1. The van der Waals surface area contributed by atoms with Crippen molar-refractivity contribution >= 4 is 29.3 Å². The minimum absolute atomic E-state index is 0.135. The van der Waals surface area contributed by atoms with Gasteiger partial charge in [0.15, 0.2) is 5.16 Å². The van der Waals surface area contributed by atoms with Crippen LogP contribution in [0.1, 0.15) is 11.1 Å². The second-order valence-electron chi connectivity index (χ2n) is 7.40. The number of aryl methyl sites for hydroxylation is 1. The third-order valence-electron chi connectivity index (χ3n) is 5.14. The van der Waals surface area contributed by atoms with Crippen molar-refractivity contribution in [2.24, 2.45) is 0 Å². The van der Waals surface area contributed by atoms with Crippen molar-refractivity contribution < 1.29 is 4.79 Å². The van der Waals surface area contributed by atoms with Crippen molar-refractivity contribution in [3.05, 3.63) is 71.0 Å². The predicted molar refractivity (Wildman–Crippen MR) is 120 cm³/mol. The molecule has 4 rings (SSSR count). The van der Waals surface area contributed by atoms with Gasteiger partial charge in [0.05, 0.1) is 11.4 Å². The van der Waals surface area contributed by atoms with Gasteiger partial charge in [0.1, 0.15) is 6.33 Å². The molecule has 3 aromatic rings. The molecular formula is C22H24ClN5OS. The van der Waals surface area contributed by atoms with Gasteiger partial charge in [-0.2, -0.15) is 0 Å². The fourth-order valence-electron chi connectivity index (χ4n) is 3.57. The fourth-order valence-corrected chi connectivity index (χ4v) is 4.58. The van der Waals surface area contributed by atoms with Crippen molar-refractivity contribution in [1.29, 1.82) is 0 Å². The van der Waals surface area contributed by atoms with Crippen LogP contribution in [0, 0.1) is 6.92 Å². The average Bonchev–Trinajstić information content (AvgIpc) is 3.21. The summed E-state index contributed by atoms with van der Waals surface area (Å²) in [5.74, 6) is 0.479. The Hall–Kier alpha value is -2.35. The molecule has 0 bridgehead atoms. The van der Waals surface area contributed by atoms with Crippen molar-refractivity contribution in [2.75, 3.05) is 31.9 Å². The van der Waals surface area contributed by atoms with Crippen LogP contribution in [-0.2, 0) is 11.3 Å². The summed E-state index contributed by atoms with van der Waals surface area (Å²) in [6.45, 7) is 6.34. The fraction of sp³-hybridized carbons (Fsp3) is 0.318. The minimum Gasteiger partial charge on any atom is -0.339 e. The highest BCUT2D eigenvalue weighted by molar-refractivity contribution is 7.99. The van der Waals surface area contributed by atoms with E-state index in [9.17, 15) is 4.79 Å². The lowest BCUT2D eigenvalue weighted by Crippen LogP contribution is -2.48. The molecule has 1 aromatic heterocycles. The molecule has 0 saturated carbocycles. The van der Waals surface area contributed by atoms with Gasteiger partial charge in [-0.15, -0.1) is 10.2 Å². The van der Waals surface area contributed by atoms with E-state index in [1.807, 2.05) is 33.7 Å². The first-order chi connectivity index (χ1) is 14.6. The second-order valence-corrected chi connectivity index (χ2v) is 8.78. The van der Waals surface area contributed by atoms with E-state index in [4.69, 9.17) is 11.6 Å². The van der Waals surface area contributed by atoms with E-state index in [1.165, 1.54) is 22.9 Å². The third kappa shape index (κ3) is 5.22. The number of carbonyl (C=O) groups excluding carboxylic acids is 1. The van der Waals surface area contributed by atoms with Crippen LogP contribution in [0.5, 0.6) is 0 Å². The highest BCUT2D eigenvalue weighted by Gasteiger charge is 2.22. The molecule has 0 spiro atoms. The second kappa shape index (κ2) is 9.64. The molecule has 0 aliphatic carbocycles. The van der Waals surface area contributed by atoms with Crippen molar-refractivity contribution in [3.63, 3.8) is 0 Å². The highest BCUT2D eigenvalue weighted by atomic mass is 35.5. The van der Waals surface area contributed by atoms with E-state index in [0.29, 0.717) is 15.9 Å². The number of hydrogen-bond acceptors (Lipinski definition) is 5. The number of thioether (sulfide) groups is 1. The summed E-state index contributed by atoms with van der Waals surface area (Å²) in [7, 11) is 0. The van der Waals surface area contributed by atoms with Gasteiger partial charge in [0, 0.05) is 37.7 Å². The Morgan fingerprint density at radius 3 is 2.67 bits per heavy atom. The smallest absolute Gasteiger partial charge is 0.233 e. The number of benzene rings is 2. The monoisotopic (exact) mass is 441 g/mol. The van der Waals surface area contributed by atoms with Crippen LogP contribution in [-0.4, -0.2) is 62.4 Å². The SMILES string of the molecule is Cc1cccc(CN2CCN(C(=O)CSc3nncn3-c3cccc(Cl)c3)CC2)c1.